The number of carbonyl (C=O) groups excluding carboxylic acids is 1. The second-order valence-corrected chi connectivity index (χ2v) is 8.38. The third-order valence-electron chi connectivity index (χ3n) is 5.53. The van der Waals surface area contributed by atoms with E-state index in [9.17, 15) is 4.79 Å². The predicted molar refractivity (Wildman–Crippen MR) is 110 cm³/mol. The quantitative estimate of drug-likeness (QED) is 0.719. The van der Waals surface area contributed by atoms with Crippen LogP contribution in [0, 0.1) is 0 Å². The number of nitrogens with zero attached hydrogens (tertiary/aromatic N) is 5. The Hall–Kier alpha value is -2.61. The molecule has 2 aliphatic rings. The van der Waals surface area contributed by atoms with Crippen LogP contribution < -0.4 is 4.90 Å². The van der Waals surface area contributed by atoms with E-state index in [-0.39, 0.29) is 11.2 Å². The van der Waals surface area contributed by atoms with Crippen LogP contribution in [-0.4, -0.2) is 62.7 Å². The maximum atomic E-state index is 13.3. The molecule has 0 bridgehead atoms. The molecule has 8 heteroatoms. The molecular weight excluding hydrogens is 372 g/mol. The lowest BCUT2D eigenvalue weighted by molar-refractivity contribution is -0.130. The predicted octanol–water partition coefficient (Wildman–Crippen LogP) is 2.42. The zero-order valence-electron chi connectivity index (χ0n) is 15.5. The Kier molecular flexibility index (Phi) is 4.64. The third kappa shape index (κ3) is 3.11. The van der Waals surface area contributed by atoms with Gasteiger partial charge in [0.2, 0.25) is 5.91 Å². The molecule has 1 unspecified atom stereocenters. The fraction of sp³-hybridized carbons (Fsp3) is 0.400. The number of rotatable bonds is 2. The highest BCUT2D eigenvalue weighted by molar-refractivity contribution is 8.00. The summed E-state index contributed by atoms with van der Waals surface area (Å²) in [4.78, 5) is 33.6. The van der Waals surface area contributed by atoms with Gasteiger partial charge in [-0.1, -0.05) is 24.3 Å². The van der Waals surface area contributed by atoms with Crippen molar-refractivity contribution in [2.45, 2.75) is 18.1 Å². The average molecular weight is 395 g/mol. The monoisotopic (exact) mass is 394 g/mol. The molecular formula is C20H22N6OS. The number of thioether (sulfide) groups is 1. The Balaban J connectivity index is 1.34. The number of fused-ring (bicyclic) bond motifs is 2. The van der Waals surface area contributed by atoms with Gasteiger partial charge < -0.3 is 14.8 Å². The molecule has 28 heavy (non-hydrogen) atoms. The van der Waals surface area contributed by atoms with E-state index in [0.29, 0.717) is 12.2 Å². The smallest absolute Gasteiger partial charge is 0.240 e. The van der Waals surface area contributed by atoms with Crippen LogP contribution in [0.1, 0.15) is 22.8 Å². The SMILES string of the molecule is O=C(C1SCCc2ccccc21)N1CCCN(c2ncnc3nc[nH]c23)CC1. The van der Waals surface area contributed by atoms with E-state index in [1.165, 1.54) is 11.1 Å². The zero-order valence-corrected chi connectivity index (χ0v) is 16.4. The molecule has 4 heterocycles. The average Bonchev–Trinajstić information content (AvgIpc) is 3.09. The first-order chi connectivity index (χ1) is 13.8. The first-order valence-corrected chi connectivity index (χ1v) is 10.7. The fourth-order valence-corrected chi connectivity index (χ4v) is 5.38. The largest absolute Gasteiger partial charge is 0.353 e. The molecule has 1 aromatic carbocycles. The first kappa shape index (κ1) is 17.5. The number of hydrogen-bond donors (Lipinski definition) is 1. The number of carbonyl (C=O) groups is 1. The lowest BCUT2D eigenvalue weighted by Crippen LogP contribution is -2.38. The van der Waals surface area contributed by atoms with E-state index in [4.69, 9.17) is 0 Å². The molecule has 144 valence electrons. The summed E-state index contributed by atoms with van der Waals surface area (Å²) in [5, 5.41) is -0.0742. The molecule has 7 nitrogen and oxygen atoms in total. The normalized spacial score (nSPS) is 20.1. The van der Waals surface area contributed by atoms with E-state index < -0.39 is 0 Å². The van der Waals surface area contributed by atoms with Gasteiger partial charge in [0, 0.05) is 26.2 Å². The fourth-order valence-electron chi connectivity index (χ4n) is 4.11. The standard InChI is InChI=1S/C20H22N6OS/c27-20(17-15-5-2-1-4-14(15)6-11-28-17)26-8-3-7-25(9-10-26)19-16-18(22-12-21-16)23-13-24-19/h1-2,4-5,12-13,17H,3,6-11H2,(H,21,22,23,24). The highest BCUT2D eigenvalue weighted by atomic mass is 32.2. The van der Waals surface area contributed by atoms with Crippen molar-refractivity contribution in [2.24, 2.45) is 0 Å². The highest BCUT2D eigenvalue weighted by Gasteiger charge is 2.31. The maximum Gasteiger partial charge on any atom is 0.240 e. The van der Waals surface area contributed by atoms with Crippen LogP contribution in [0.3, 0.4) is 0 Å². The van der Waals surface area contributed by atoms with Crippen LogP contribution in [0.5, 0.6) is 0 Å². The Morgan fingerprint density at radius 3 is 3.00 bits per heavy atom. The molecule has 1 amide bonds. The number of aromatic nitrogens is 4. The molecule has 5 rings (SSSR count). The minimum atomic E-state index is -0.0742. The van der Waals surface area contributed by atoms with E-state index in [2.05, 4.69) is 43.0 Å². The van der Waals surface area contributed by atoms with Gasteiger partial charge in [0.25, 0.3) is 0 Å². The molecule has 0 radical (unpaired) electrons. The molecule has 0 aliphatic carbocycles. The van der Waals surface area contributed by atoms with E-state index >= 15 is 0 Å². The number of benzene rings is 1. The van der Waals surface area contributed by atoms with Crippen molar-refractivity contribution in [1.29, 1.82) is 0 Å². The third-order valence-corrected chi connectivity index (χ3v) is 6.76. The van der Waals surface area contributed by atoms with Crippen LogP contribution in [0.4, 0.5) is 5.82 Å². The summed E-state index contributed by atoms with van der Waals surface area (Å²) >= 11 is 1.78. The van der Waals surface area contributed by atoms with Crippen molar-refractivity contribution < 1.29 is 4.79 Å². The summed E-state index contributed by atoms with van der Waals surface area (Å²) in [6.07, 6.45) is 5.17. The van der Waals surface area contributed by atoms with Crippen LogP contribution >= 0.6 is 11.8 Å². The Morgan fingerprint density at radius 1 is 1.11 bits per heavy atom. The van der Waals surface area contributed by atoms with Gasteiger partial charge in [0.1, 0.15) is 17.1 Å². The van der Waals surface area contributed by atoms with E-state index in [1.807, 2.05) is 11.0 Å². The summed E-state index contributed by atoms with van der Waals surface area (Å²) < 4.78 is 0. The number of aromatic amines is 1. The van der Waals surface area contributed by atoms with Crippen molar-refractivity contribution in [3.63, 3.8) is 0 Å². The molecule has 2 aromatic heterocycles. The van der Waals surface area contributed by atoms with Crippen molar-refractivity contribution in [3.05, 3.63) is 48.0 Å². The van der Waals surface area contributed by atoms with Crippen molar-refractivity contribution in [1.82, 2.24) is 24.8 Å². The molecule has 2 aliphatic heterocycles. The zero-order chi connectivity index (χ0) is 18.9. The van der Waals surface area contributed by atoms with Gasteiger partial charge in [-0.2, -0.15) is 0 Å². The Morgan fingerprint density at radius 2 is 2.04 bits per heavy atom. The van der Waals surface area contributed by atoms with Crippen molar-refractivity contribution in [2.75, 3.05) is 36.8 Å². The van der Waals surface area contributed by atoms with Crippen LogP contribution in [-0.2, 0) is 11.2 Å². The van der Waals surface area contributed by atoms with Crippen LogP contribution in [0.2, 0.25) is 0 Å². The molecule has 0 spiro atoms. The summed E-state index contributed by atoms with van der Waals surface area (Å²) in [6, 6.07) is 8.38. The van der Waals surface area contributed by atoms with Gasteiger partial charge in [0.15, 0.2) is 11.5 Å². The highest BCUT2D eigenvalue weighted by Crippen LogP contribution is 2.38. The first-order valence-electron chi connectivity index (χ1n) is 9.68. The minimum Gasteiger partial charge on any atom is -0.353 e. The number of hydrogen-bond acceptors (Lipinski definition) is 6. The topological polar surface area (TPSA) is 78.0 Å². The van der Waals surface area contributed by atoms with E-state index in [0.717, 1.165) is 49.6 Å². The lowest BCUT2D eigenvalue weighted by Gasteiger charge is -2.30. The molecule has 0 saturated carbocycles. The Labute approximate surface area is 167 Å². The second kappa shape index (κ2) is 7.43. The summed E-state index contributed by atoms with van der Waals surface area (Å²) in [5.41, 5.74) is 4.05. The molecule has 1 fully saturated rings. The number of imidazole rings is 1. The Bertz CT molecular complexity index is 1010. The lowest BCUT2D eigenvalue weighted by atomic mass is 10.0. The van der Waals surface area contributed by atoms with Gasteiger partial charge in [-0.15, -0.1) is 11.8 Å². The van der Waals surface area contributed by atoms with Crippen molar-refractivity contribution >= 4 is 34.7 Å². The van der Waals surface area contributed by atoms with Gasteiger partial charge >= 0.3 is 0 Å². The summed E-state index contributed by atoms with van der Waals surface area (Å²) in [5.74, 6) is 2.12. The molecule has 1 N–H and O–H groups in total. The molecule has 1 saturated heterocycles. The molecule has 3 aromatic rings. The van der Waals surface area contributed by atoms with E-state index in [1.54, 1.807) is 24.4 Å². The van der Waals surface area contributed by atoms with Gasteiger partial charge in [-0.05, 0) is 29.7 Å². The molecule has 1 atom stereocenters. The van der Waals surface area contributed by atoms with Gasteiger partial charge in [0.05, 0.1) is 6.33 Å². The summed E-state index contributed by atoms with van der Waals surface area (Å²) in [7, 11) is 0. The van der Waals surface area contributed by atoms with Gasteiger partial charge in [-0.25, -0.2) is 15.0 Å². The van der Waals surface area contributed by atoms with Gasteiger partial charge in [-0.3, -0.25) is 4.79 Å². The van der Waals surface area contributed by atoms with Crippen LogP contribution in [0.15, 0.2) is 36.9 Å². The summed E-state index contributed by atoms with van der Waals surface area (Å²) in [6.45, 7) is 3.11. The van der Waals surface area contributed by atoms with Crippen LogP contribution in [0.25, 0.3) is 11.2 Å². The number of amides is 1. The van der Waals surface area contributed by atoms with Crippen molar-refractivity contribution in [3.8, 4) is 0 Å². The number of anilines is 1. The minimum absolute atomic E-state index is 0.0742. The number of H-pyrrole nitrogens is 1. The maximum absolute atomic E-state index is 13.3. The second-order valence-electron chi connectivity index (χ2n) is 7.16. The number of nitrogens with one attached hydrogen (secondary N) is 1. The number of aryl methyl sites for hydroxylation is 1.